The van der Waals surface area contributed by atoms with Crippen LogP contribution < -0.4 is 9.46 Å². The van der Waals surface area contributed by atoms with E-state index in [1.807, 2.05) is 30.3 Å². The van der Waals surface area contributed by atoms with Gasteiger partial charge in [0, 0.05) is 18.9 Å². The minimum atomic E-state index is -3.89. The summed E-state index contributed by atoms with van der Waals surface area (Å²) >= 11 is 0. The van der Waals surface area contributed by atoms with Crippen molar-refractivity contribution in [1.82, 2.24) is 9.71 Å². The molecule has 1 unspecified atom stereocenters. The van der Waals surface area contributed by atoms with Crippen LogP contribution in [0.15, 0.2) is 84.0 Å². The van der Waals surface area contributed by atoms with E-state index in [1.165, 1.54) is 31.6 Å². The third kappa shape index (κ3) is 6.13. The monoisotopic (exact) mass is 460 g/mol. The van der Waals surface area contributed by atoms with Gasteiger partial charge in [0.05, 0.1) is 17.8 Å². The SMILES string of the molecule is COc1ccc(S(=O)(=O)C(CNS(=O)(=O)CCc2ccccc2)c2cccnc2)cc1. The zero-order valence-electron chi connectivity index (χ0n) is 17.0. The number of methoxy groups -OCH3 is 1. The number of hydrogen-bond acceptors (Lipinski definition) is 6. The summed E-state index contributed by atoms with van der Waals surface area (Å²) in [6, 6.07) is 18.5. The summed E-state index contributed by atoms with van der Waals surface area (Å²) in [5.74, 6) is 0.387. The van der Waals surface area contributed by atoms with Crippen LogP contribution in [0.1, 0.15) is 16.4 Å². The van der Waals surface area contributed by atoms with Crippen LogP contribution >= 0.6 is 0 Å². The molecule has 1 aromatic heterocycles. The topological polar surface area (TPSA) is 102 Å². The zero-order chi connectivity index (χ0) is 22.3. The highest BCUT2D eigenvalue weighted by atomic mass is 32.2. The molecule has 0 saturated heterocycles. The minimum absolute atomic E-state index is 0.0747. The summed E-state index contributed by atoms with van der Waals surface area (Å²) in [6.45, 7) is -0.294. The second-order valence-corrected chi connectivity index (χ2v) is 11.0. The molecule has 9 heteroatoms. The van der Waals surface area contributed by atoms with Gasteiger partial charge in [-0.15, -0.1) is 0 Å². The summed E-state index contributed by atoms with van der Waals surface area (Å²) in [5.41, 5.74) is 1.30. The van der Waals surface area contributed by atoms with Crippen LogP contribution in [0.4, 0.5) is 0 Å². The van der Waals surface area contributed by atoms with Crippen molar-refractivity contribution in [2.45, 2.75) is 16.6 Å². The first-order valence-corrected chi connectivity index (χ1v) is 12.8. The Balaban J connectivity index is 1.81. The zero-order valence-corrected chi connectivity index (χ0v) is 18.6. The van der Waals surface area contributed by atoms with Gasteiger partial charge < -0.3 is 4.74 Å². The number of benzene rings is 2. The molecule has 0 amide bonds. The Hall–Kier alpha value is -2.75. The molecule has 3 aromatic rings. The molecule has 0 aliphatic rings. The van der Waals surface area contributed by atoms with E-state index in [0.29, 0.717) is 17.7 Å². The Kier molecular flexibility index (Phi) is 7.42. The van der Waals surface area contributed by atoms with Gasteiger partial charge in [-0.3, -0.25) is 4.98 Å². The maximum atomic E-state index is 13.3. The number of sulfone groups is 1. The lowest BCUT2D eigenvalue weighted by molar-refractivity contribution is 0.414. The van der Waals surface area contributed by atoms with E-state index in [-0.39, 0.29) is 17.2 Å². The number of aryl methyl sites for hydroxylation is 1. The summed E-state index contributed by atoms with van der Waals surface area (Å²) in [7, 11) is -6.09. The first-order valence-electron chi connectivity index (χ1n) is 9.61. The van der Waals surface area contributed by atoms with Crippen LogP contribution in [0.3, 0.4) is 0 Å². The van der Waals surface area contributed by atoms with E-state index < -0.39 is 25.1 Å². The number of hydrogen-bond donors (Lipinski definition) is 1. The second kappa shape index (κ2) is 10.0. The molecule has 1 atom stereocenters. The molecule has 0 saturated carbocycles. The van der Waals surface area contributed by atoms with Crippen molar-refractivity contribution in [3.63, 3.8) is 0 Å². The van der Waals surface area contributed by atoms with Crippen molar-refractivity contribution >= 4 is 19.9 Å². The number of pyridine rings is 1. The van der Waals surface area contributed by atoms with E-state index in [4.69, 9.17) is 4.74 Å². The van der Waals surface area contributed by atoms with Crippen LogP contribution in [0, 0.1) is 0 Å². The largest absolute Gasteiger partial charge is 0.497 e. The highest BCUT2D eigenvalue weighted by Crippen LogP contribution is 2.29. The number of nitrogens with one attached hydrogen (secondary N) is 1. The lowest BCUT2D eigenvalue weighted by Crippen LogP contribution is -2.34. The van der Waals surface area contributed by atoms with E-state index >= 15 is 0 Å². The van der Waals surface area contributed by atoms with Crippen molar-refractivity contribution in [2.24, 2.45) is 0 Å². The highest BCUT2D eigenvalue weighted by molar-refractivity contribution is 7.92. The fourth-order valence-electron chi connectivity index (χ4n) is 3.07. The van der Waals surface area contributed by atoms with Crippen LogP contribution in [-0.4, -0.2) is 41.2 Å². The maximum absolute atomic E-state index is 13.3. The molecule has 0 aliphatic carbocycles. The molecule has 0 bridgehead atoms. The first kappa shape index (κ1) is 22.9. The minimum Gasteiger partial charge on any atom is -0.497 e. The lowest BCUT2D eigenvalue weighted by atomic mass is 10.2. The van der Waals surface area contributed by atoms with Crippen molar-refractivity contribution in [3.05, 3.63) is 90.3 Å². The van der Waals surface area contributed by atoms with Crippen molar-refractivity contribution in [2.75, 3.05) is 19.4 Å². The molecular weight excluding hydrogens is 436 g/mol. The number of ether oxygens (including phenoxy) is 1. The van der Waals surface area contributed by atoms with Crippen LogP contribution in [0.5, 0.6) is 5.75 Å². The second-order valence-electron chi connectivity index (χ2n) is 6.90. The Morgan fingerprint density at radius 1 is 0.935 bits per heavy atom. The van der Waals surface area contributed by atoms with Crippen molar-refractivity contribution in [1.29, 1.82) is 0 Å². The number of nitrogens with zero attached hydrogens (tertiary/aromatic N) is 1. The predicted molar refractivity (Wildman–Crippen MR) is 119 cm³/mol. The van der Waals surface area contributed by atoms with Gasteiger partial charge in [-0.1, -0.05) is 36.4 Å². The van der Waals surface area contributed by atoms with Crippen LogP contribution in [0.2, 0.25) is 0 Å². The molecule has 2 aromatic carbocycles. The molecule has 1 N–H and O–H groups in total. The summed E-state index contributed by atoms with van der Waals surface area (Å²) < 4.78 is 59.3. The maximum Gasteiger partial charge on any atom is 0.211 e. The van der Waals surface area contributed by atoms with E-state index in [9.17, 15) is 16.8 Å². The van der Waals surface area contributed by atoms with Crippen LogP contribution in [-0.2, 0) is 26.3 Å². The van der Waals surface area contributed by atoms with Gasteiger partial charge in [0.2, 0.25) is 10.0 Å². The smallest absolute Gasteiger partial charge is 0.211 e. The molecule has 1 heterocycles. The molecule has 31 heavy (non-hydrogen) atoms. The quantitative estimate of drug-likeness (QED) is 0.499. The Labute approximate surface area is 183 Å². The molecule has 0 spiro atoms. The van der Waals surface area contributed by atoms with Gasteiger partial charge in [0.15, 0.2) is 9.84 Å². The predicted octanol–water partition coefficient (Wildman–Crippen LogP) is 2.77. The number of sulfonamides is 1. The van der Waals surface area contributed by atoms with Gasteiger partial charge in [-0.05, 0) is 47.9 Å². The molecule has 7 nitrogen and oxygen atoms in total. The summed E-state index contributed by atoms with van der Waals surface area (Å²) in [4.78, 5) is 4.07. The summed E-state index contributed by atoms with van der Waals surface area (Å²) in [5, 5.41) is -1.12. The third-order valence-electron chi connectivity index (χ3n) is 4.81. The van der Waals surface area contributed by atoms with Crippen molar-refractivity contribution < 1.29 is 21.6 Å². The fourth-order valence-corrected chi connectivity index (χ4v) is 5.89. The van der Waals surface area contributed by atoms with Gasteiger partial charge in [-0.2, -0.15) is 0 Å². The van der Waals surface area contributed by atoms with E-state index in [1.54, 1.807) is 24.3 Å². The first-order chi connectivity index (χ1) is 14.8. The highest BCUT2D eigenvalue weighted by Gasteiger charge is 2.30. The Morgan fingerprint density at radius 3 is 2.26 bits per heavy atom. The van der Waals surface area contributed by atoms with Gasteiger partial charge >= 0.3 is 0 Å². The number of aromatic nitrogens is 1. The van der Waals surface area contributed by atoms with E-state index in [0.717, 1.165) is 5.56 Å². The Bertz CT molecular complexity index is 1180. The van der Waals surface area contributed by atoms with Gasteiger partial charge in [-0.25, -0.2) is 21.6 Å². The molecule has 0 radical (unpaired) electrons. The molecule has 0 fully saturated rings. The van der Waals surface area contributed by atoms with Gasteiger partial charge in [0.1, 0.15) is 11.0 Å². The van der Waals surface area contributed by atoms with Gasteiger partial charge in [0.25, 0.3) is 0 Å². The average molecular weight is 461 g/mol. The third-order valence-corrected chi connectivity index (χ3v) is 8.27. The molecular formula is C22H24N2O5S2. The van der Waals surface area contributed by atoms with Crippen LogP contribution in [0.25, 0.3) is 0 Å². The lowest BCUT2D eigenvalue weighted by Gasteiger charge is -2.19. The van der Waals surface area contributed by atoms with E-state index in [2.05, 4.69) is 9.71 Å². The normalized spacial score (nSPS) is 12.9. The average Bonchev–Trinajstić information content (AvgIpc) is 2.79. The molecule has 3 rings (SSSR count). The van der Waals surface area contributed by atoms with Crippen molar-refractivity contribution in [3.8, 4) is 5.75 Å². The molecule has 164 valence electrons. The number of rotatable bonds is 10. The fraction of sp³-hybridized carbons (Fsp3) is 0.227. The summed E-state index contributed by atoms with van der Waals surface area (Å²) in [6.07, 6.45) is 3.30. The molecule has 0 aliphatic heterocycles. The Morgan fingerprint density at radius 2 is 1.65 bits per heavy atom. The standard InChI is InChI=1S/C22H24N2O5S2/c1-29-20-9-11-21(12-10-20)31(27,28)22(19-8-5-14-23-16-19)17-24-30(25,26)15-13-18-6-3-2-4-7-18/h2-12,14,16,22,24H,13,15,17H2,1H3.